The molecule has 7 heteroatoms. The van der Waals surface area contributed by atoms with E-state index in [4.69, 9.17) is 4.74 Å². The van der Waals surface area contributed by atoms with Crippen LogP contribution in [-0.4, -0.2) is 45.8 Å². The van der Waals surface area contributed by atoms with Gasteiger partial charge >= 0.3 is 5.97 Å². The summed E-state index contributed by atoms with van der Waals surface area (Å²) in [4.78, 5) is 38.4. The van der Waals surface area contributed by atoms with Crippen LogP contribution in [0.4, 0.5) is 0 Å². The van der Waals surface area contributed by atoms with Crippen LogP contribution in [0.2, 0.25) is 0 Å². The lowest BCUT2D eigenvalue weighted by Crippen LogP contribution is -2.48. The topological polar surface area (TPSA) is 81.5 Å². The normalized spacial score (nSPS) is 17.3. The Balaban J connectivity index is 1.73. The fourth-order valence-electron chi connectivity index (χ4n) is 3.40. The van der Waals surface area contributed by atoms with Gasteiger partial charge in [0.1, 0.15) is 6.04 Å². The van der Waals surface area contributed by atoms with Crippen LogP contribution in [0.3, 0.4) is 0 Å². The minimum Gasteiger partial charge on any atom is -0.464 e. The monoisotopic (exact) mass is 357 g/mol. The highest BCUT2D eigenvalue weighted by molar-refractivity contribution is 5.85. The number of likely N-dealkylation sites (tertiary alicyclic amines) is 1. The molecular formula is C19H23N3O4. The van der Waals surface area contributed by atoms with Crippen molar-refractivity contribution in [1.82, 2.24) is 14.7 Å². The van der Waals surface area contributed by atoms with Crippen LogP contribution in [0.25, 0.3) is 10.9 Å². The van der Waals surface area contributed by atoms with Gasteiger partial charge in [-0.3, -0.25) is 14.3 Å². The molecular weight excluding hydrogens is 334 g/mol. The molecule has 1 atom stereocenters. The zero-order valence-corrected chi connectivity index (χ0v) is 14.9. The molecule has 0 N–H and O–H groups in total. The summed E-state index contributed by atoms with van der Waals surface area (Å²) in [7, 11) is 0. The second-order valence-corrected chi connectivity index (χ2v) is 6.35. The first-order valence-electron chi connectivity index (χ1n) is 9.02. The highest BCUT2D eigenvalue weighted by atomic mass is 16.5. The van der Waals surface area contributed by atoms with Gasteiger partial charge in [0.2, 0.25) is 11.3 Å². The number of amides is 1. The number of carbonyl (C=O) groups excluding carboxylic acids is 2. The van der Waals surface area contributed by atoms with Crippen molar-refractivity contribution in [3.05, 3.63) is 40.7 Å². The predicted octanol–water partition coefficient (Wildman–Crippen LogP) is 1.73. The average Bonchev–Trinajstić information content (AvgIpc) is 2.67. The number of nitrogens with zero attached hydrogens (tertiary/aromatic N) is 3. The summed E-state index contributed by atoms with van der Waals surface area (Å²) in [5.74, 6) is -0.417. The molecule has 1 fully saturated rings. The van der Waals surface area contributed by atoms with Gasteiger partial charge in [0.05, 0.1) is 24.9 Å². The number of esters is 1. The van der Waals surface area contributed by atoms with E-state index < -0.39 is 6.04 Å². The Morgan fingerprint density at radius 1 is 1.27 bits per heavy atom. The number of aryl methyl sites for hydroxylation is 1. The lowest BCUT2D eigenvalue weighted by Gasteiger charge is -2.34. The van der Waals surface area contributed by atoms with E-state index in [1.165, 1.54) is 6.20 Å². The van der Waals surface area contributed by atoms with Gasteiger partial charge in [0.15, 0.2) is 0 Å². The van der Waals surface area contributed by atoms with Crippen molar-refractivity contribution >= 4 is 22.8 Å². The number of carbonyl (C=O) groups is 2. The molecule has 1 aliphatic rings. The standard InChI is InChI=1S/C19H23N3O4/c1-2-26-19(25)16-9-5-6-11-21(16)18(24)10-12-22-15-8-4-3-7-14(15)17(23)13-20-22/h3-4,7-8,13,16H,2,5-6,9-12H2,1H3. The first kappa shape index (κ1) is 18.1. The van der Waals surface area contributed by atoms with Crippen molar-refractivity contribution in [3.63, 3.8) is 0 Å². The smallest absolute Gasteiger partial charge is 0.328 e. The summed E-state index contributed by atoms with van der Waals surface area (Å²) in [6.07, 6.45) is 3.94. The van der Waals surface area contributed by atoms with Gasteiger partial charge < -0.3 is 9.64 Å². The molecule has 1 amide bonds. The van der Waals surface area contributed by atoms with Crippen molar-refractivity contribution in [2.24, 2.45) is 0 Å². The zero-order valence-electron chi connectivity index (χ0n) is 14.9. The SMILES string of the molecule is CCOC(=O)C1CCCCN1C(=O)CCn1ncc(=O)c2ccccc21. The third-order valence-electron chi connectivity index (χ3n) is 4.68. The highest BCUT2D eigenvalue weighted by Crippen LogP contribution is 2.19. The minimum absolute atomic E-state index is 0.0904. The highest BCUT2D eigenvalue weighted by Gasteiger charge is 2.32. The number of piperidine rings is 1. The Hall–Kier alpha value is -2.70. The van der Waals surface area contributed by atoms with E-state index in [9.17, 15) is 14.4 Å². The molecule has 7 nitrogen and oxygen atoms in total. The molecule has 26 heavy (non-hydrogen) atoms. The third-order valence-corrected chi connectivity index (χ3v) is 4.68. The summed E-state index contributed by atoms with van der Waals surface area (Å²) in [5, 5.41) is 4.73. The van der Waals surface area contributed by atoms with Gasteiger partial charge in [-0.15, -0.1) is 0 Å². The van der Waals surface area contributed by atoms with E-state index in [2.05, 4.69) is 5.10 Å². The molecule has 1 aromatic heterocycles. The maximum Gasteiger partial charge on any atom is 0.328 e. The molecule has 1 saturated heterocycles. The molecule has 2 heterocycles. The number of ether oxygens (including phenoxy) is 1. The van der Waals surface area contributed by atoms with Crippen LogP contribution in [0.5, 0.6) is 0 Å². The lowest BCUT2D eigenvalue weighted by atomic mass is 10.0. The summed E-state index contributed by atoms with van der Waals surface area (Å²) < 4.78 is 6.77. The van der Waals surface area contributed by atoms with Crippen molar-refractivity contribution in [2.45, 2.75) is 45.2 Å². The molecule has 1 unspecified atom stereocenters. The molecule has 0 bridgehead atoms. The van der Waals surface area contributed by atoms with Crippen molar-refractivity contribution in [1.29, 1.82) is 0 Å². The minimum atomic E-state index is -0.491. The van der Waals surface area contributed by atoms with Gasteiger partial charge in [0.25, 0.3) is 0 Å². The summed E-state index contributed by atoms with van der Waals surface area (Å²) in [6.45, 7) is 3.00. The molecule has 138 valence electrons. The molecule has 3 rings (SSSR count). The summed E-state index contributed by atoms with van der Waals surface area (Å²) >= 11 is 0. The quantitative estimate of drug-likeness (QED) is 0.761. The number of hydrogen-bond acceptors (Lipinski definition) is 5. The molecule has 0 radical (unpaired) electrons. The fourth-order valence-corrected chi connectivity index (χ4v) is 3.40. The number of fused-ring (bicyclic) bond motifs is 1. The number of para-hydroxylation sites is 1. The van der Waals surface area contributed by atoms with Crippen LogP contribution in [0.15, 0.2) is 35.3 Å². The first-order valence-corrected chi connectivity index (χ1v) is 9.02. The largest absolute Gasteiger partial charge is 0.464 e. The fraction of sp³-hybridized carbons (Fsp3) is 0.474. The van der Waals surface area contributed by atoms with Crippen molar-refractivity contribution in [2.75, 3.05) is 13.2 Å². The molecule has 0 aliphatic carbocycles. The Bertz CT molecular complexity index is 861. The van der Waals surface area contributed by atoms with Crippen LogP contribution < -0.4 is 5.43 Å². The van der Waals surface area contributed by atoms with E-state index in [-0.39, 0.29) is 23.7 Å². The number of rotatable bonds is 5. The second-order valence-electron chi connectivity index (χ2n) is 6.35. The number of benzene rings is 1. The van der Waals surface area contributed by atoms with Crippen molar-refractivity contribution in [3.8, 4) is 0 Å². The maximum atomic E-state index is 12.7. The summed E-state index contributed by atoms with van der Waals surface area (Å²) in [5.41, 5.74) is 0.565. The zero-order chi connectivity index (χ0) is 18.5. The van der Waals surface area contributed by atoms with Gasteiger partial charge in [-0.05, 0) is 38.3 Å². The van der Waals surface area contributed by atoms with E-state index in [1.54, 1.807) is 28.6 Å². The van der Waals surface area contributed by atoms with E-state index in [0.717, 1.165) is 12.8 Å². The molecule has 0 saturated carbocycles. The van der Waals surface area contributed by atoms with E-state index in [0.29, 0.717) is 37.0 Å². The number of hydrogen-bond donors (Lipinski definition) is 0. The molecule has 0 spiro atoms. The van der Waals surface area contributed by atoms with Gasteiger partial charge in [-0.25, -0.2) is 4.79 Å². The van der Waals surface area contributed by atoms with Gasteiger partial charge in [0, 0.05) is 18.4 Å². The molecule has 1 aromatic carbocycles. The predicted molar refractivity (Wildman–Crippen MR) is 96.6 cm³/mol. The average molecular weight is 357 g/mol. The third kappa shape index (κ3) is 3.76. The van der Waals surface area contributed by atoms with Gasteiger partial charge in [-0.2, -0.15) is 5.10 Å². The van der Waals surface area contributed by atoms with Crippen molar-refractivity contribution < 1.29 is 14.3 Å². The first-order chi connectivity index (χ1) is 12.6. The van der Waals surface area contributed by atoms with Gasteiger partial charge in [-0.1, -0.05) is 12.1 Å². The van der Waals surface area contributed by atoms with Crippen LogP contribution >= 0.6 is 0 Å². The van der Waals surface area contributed by atoms with Crippen LogP contribution in [0, 0.1) is 0 Å². The van der Waals surface area contributed by atoms with Crippen LogP contribution in [0.1, 0.15) is 32.6 Å². The lowest BCUT2D eigenvalue weighted by molar-refractivity contribution is -0.156. The molecule has 2 aromatic rings. The maximum absolute atomic E-state index is 12.7. The van der Waals surface area contributed by atoms with E-state index >= 15 is 0 Å². The number of aromatic nitrogens is 2. The Morgan fingerprint density at radius 3 is 2.88 bits per heavy atom. The summed E-state index contributed by atoms with van der Waals surface area (Å²) in [6, 6.07) is 6.71. The Kier molecular flexibility index (Phi) is 5.65. The molecule has 1 aliphatic heterocycles. The van der Waals surface area contributed by atoms with E-state index in [1.807, 2.05) is 12.1 Å². The van der Waals surface area contributed by atoms with Crippen LogP contribution in [-0.2, 0) is 20.9 Å². The Labute approximate surface area is 151 Å². The second kappa shape index (κ2) is 8.12. The Morgan fingerprint density at radius 2 is 2.08 bits per heavy atom.